The average molecular weight is 468 g/mol. The van der Waals surface area contributed by atoms with Gasteiger partial charge in [-0.25, -0.2) is 29.1 Å². The van der Waals surface area contributed by atoms with E-state index in [1.165, 1.54) is 26.3 Å². The van der Waals surface area contributed by atoms with Crippen molar-refractivity contribution in [1.82, 2.24) is 34.6 Å². The molecule has 34 heavy (non-hydrogen) atoms. The first-order valence-electron chi connectivity index (χ1n) is 11.1. The van der Waals surface area contributed by atoms with Crippen molar-refractivity contribution in [2.45, 2.75) is 51.7 Å². The molecule has 1 aliphatic rings. The van der Waals surface area contributed by atoms with E-state index in [1.807, 2.05) is 0 Å². The molecule has 1 fully saturated rings. The first kappa shape index (κ1) is 22.1. The molecule has 4 aromatic heterocycles. The van der Waals surface area contributed by atoms with E-state index < -0.39 is 17.2 Å². The van der Waals surface area contributed by atoms with Gasteiger partial charge in [-0.1, -0.05) is 11.6 Å². The highest BCUT2D eigenvalue weighted by Crippen LogP contribution is 2.34. The van der Waals surface area contributed by atoms with Crippen molar-refractivity contribution in [1.29, 1.82) is 0 Å². The summed E-state index contributed by atoms with van der Waals surface area (Å²) >= 11 is 0. The van der Waals surface area contributed by atoms with Crippen LogP contribution in [0.2, 0.25) is 0 Å². The molecule has 1 atom stereocenters. The van der Waals surface area contributed by atoms with Crippen LogP contribution < -0.4 is 11.1 Å². The number of hydrogen-bond acceptors (Lipinski definition) is 9. The Morgan fingerprint density at radius 1 is 1.32 bits per heavy atom. The lowest BCUT2D eigenvalue weighted by Crippen LogP contribution is -2.31. The van der Waals surface area contributed by atoms with E-state index in [9.17, 15) is 14.3 Å². The minimum atomic E-state index is -1.40. The SMILES string of the molecule is CC(Nc1nc(-c2noc(=O)[nH]2)nc2nc(-c3cc(C(C)(C)O)c(F)cn3)n(C)c12)C1CCC1. The van der Waals surface area contributed by atoms with Crippen LogP contribution in [0.3, 0.4) is 0 Å². The predicted molar refractivity (Wildman–Crippen MR) is 121 cm³/mol. The predicted octanol–water partition coefficient (Wildman–Crippen LogP) is 2.74. The zero-order valence-electron chi connectivity index (χ0n) is 19.3. The van der Waals surface area contributed by atoms with Gasteiger partial charge in [0.05, 0.1) is 11.8 Å². The molecule has 1 saturated carbocycles. The first-order chi connectivity index (χ1) is 16.1. The number of nitrogens with one attached hydrogen (secondary N) is 2. The number of anilines is 1. The summed E-state index contributed by atoms with van der Waals surface area (Å²) in [5, 5.41) is 17.5. The minimum Gasteiger partial charge on any atom is -0.386 e. The van der Waals surface area contributed by atoms with Gasteiger partial charge in [-0.2, -0.15) is 0 Å². The van der Waals surface area contributed by atoms with E-state index >= 15 is 0 Å². The monoisotopic (exact) mass is 468 g/mol. The van der Waals surface area contributed by atoms with Gasteiger partial charge in [-0.3, -0.25) is 9.51 Å². The average Bonchev–Trinajstić information content (AvgIpc) is 3.29. The summed E-state index contributed by atoms with van der Waals surface area (Å²) in [6.45, 7) is 5.11. The Balaban J connectivity index is 1.68. The number of nitrogens with zero attached hydrogens (tertiary/aromatic N) is 6. The van der Waals surface area contributed by atoms with Crippen LogP contribution in [0.4, 0.5) is 10.2 Å². The van der Waals surface area contributed by atoms with Crippen molar-refractivity contribution in [2.24, 2.45) is 13.0 Å². The third kappa shape index (κ3) is 3.83. The van der Waals surface area contributed by atoms with Gasteiger partial charge in [0, 0.05) is 18.7 Å². The van der Waals surface area contributed by atoms with Crippen molar-refractivity contribution >= 4 is 17.0 Å². The van der Waals surface area contributed by atoms with Crippen molar-refractivity contribution in [3.63, 3.8) is 0 Å². The van der Waals surface area contributed by atoms with Gasteiger partial charge in [0.15, 0.2) is 17.3 Å². The molecule has 0 spiro atoms. The highest BCUT2D eigenvalue weighted by molar-refractivity contribution is 5.88. The number of halogens is 1. The molecule has 3 N–H and O–H groups in total. The van der Waals surface area contributed by atoms with E-state index in [-0.39, 0.29) is 23.3 Å². The molecule has 4 heterocycles. The third-order valence-electron chi connectivity index (χ3n) is 6.35. The normalized spacial score (nSPS) is 15.5. The Hall–Kier alpha value is -3.67. The van der Waals surface area contributed by atoms with E-state index in [4.69, 9.17) is 0 Å². The van der Waals surface area contributed by atoms with Gasteiger partial charge in [-0.05, 0) is 45.6 Å². The molecular weight excluding hydrogens is 443 g/mol. The number of pyridine rings is 1. The number of aryl methyl sites for hydroxylation is 1. The van der Waals surface area contributed by atoms with Crippen LogP contribution in [-0.2, 0) is 12.6 Å². The van der Waals surface area contributed by atoms with Crippen molar-refractivity contribution in [3.05, 3.63) is 34.2 Å². The summed E-state index contributed by atoms with van der Waals surface area (Å²) in [4.78, 5) is 31.8. The molecule has 0 aliphatic heterocycles. The summed E-state index contributed by atoms with van der Waals surface area (Å²) in [6.07, 6.45) is 4.55. The molecule has 11 nitrogen and oxygen atoms in total. The quantitative estimate of drug-likeness (QED) is 0.388. The van der Waals surface area contributed by atoms with Crippen LogP contribution in [0, 0.1) is 11.7 Å². The topological polar surface area (TPSA) is 148 Å². The summed E-state index contributed by atoms with van der Waals surface area (Å²) in [6, 6.07) is 1.63. The fourth-order valence-corrected chi connectivity index (χ4v) is 4.18. The van der Waals surface area contributed by atoms with Gasteiger partial charge >= 0.3 is 5.76 Å². The Bertz CT molecular complexity index is 1430. The summed E-state index contributed by atoms with van der Waals surface area (Å²) in [5.74, 6) is 0.379. The number of H-pyrrole nitrogens is 1. The largest absolute Gasteiger partial charge is 0.439 e. The lowest BCUT2D eigenvalue weighted by Gasteiger charge is -2.32. The number of imidazole rings is 1. The van der Waals surface area contributed by atoms with Crippen LogP contribution in [0.5, 0.6) is 0 Å². The number of aromatic amines is 1. The molecule has 1 unspecified atom stereocenters. The zero-order valence-corrected chi connectivity index (χ0v) is 19.3. The van der Waals surface area contributed by atoms with Crippen LogP contribution in [0.15, 0.2) is 21.6 Å². The first-order valence-corrected chi connectivity index (χ1v) is 11.1. The van der Waals surface area contributed by atoms with Gasteiger partial charge < -0.3 is 15.0 Å². The lowest BCUT2D eigenvalue weighted by molar-refractivity contribution is 0.0744. The van der Waals surface area contributed by atoms with Crippen LogP contribution >= 0.6 is 0 Å². The molecule has 0 saturated heterocycles. The van der Waals surface area contributed by atoms with Crippen molar-refractivity contribution in [2.75, 3.05) is 5.32 Å². The smallest absolute Gasteiger partial charge is 0.386 e. The fraction of sp³-hybridized carbons (Fsp3) is 0.455. The highest BCUT2D eigenvalue weighted by Gasteiger charge is 2.28. The lowest BCUT2D eigenvalue weighted by atomic mass is 9.80. The van der Waals surface area contributed by atoms with Crippen LogP contribution in [-0.4, -0.2) is 45.8 Å². The third-order valence-corrected chi connectivity index (χ3v) is 6.35. The number of hydrogen-bond donors (Lipinski definition) is 3. The minimum absolute atomic E-state index is 0.0858. The maximum atomic E-state index is 14.3. The Kier molecular flexibility index (Phi) is 5.19. The van der Waals surface area contributed by atoms with Gasteiger partial charge in [0.2, 0.25) is 11.6 Å². The van der Waals surface area contributed by atoms with Crippen LogP contribution in [0.25, 0.3) is 34.3 Å². The molecule has 5 rings (SSSR count). The molecule has 1 aliphatic carbocycles. The maximum absolute atomic E-state index is 14.3. The van der Waals surface area contributed by atoms with Crippen molar-refractivity contribution in [3.8, 4) is 23.2 Å². The standard InChI is InChI=1S/C22H25FN8O3/c1-10(11-6-5-7-11)25-16-15-17(27-18(26-16)19-29-21(32)34-30-19)28-20(31(15)4)14-8-12(22(2,3)33)13(23)9-24-14/h8-11,33H,5-7H2,1-4H3,(H,25,26,27)(H,29,30,32). The number of rotatable bonds is 6. The number of aromatic nitrogens is 7. The second-order valence-electron chi connectivity index (χ2n) is 9.24. The second kappa shape index (κ2) is 7.97. The fourth-order valence-electron chi connectivity index (χ4n) is 4.18. The maximum Gasteiger partial charge on any atom is 0.439 e. The Morgan fingerprint density at radius 3 is 2.71 bits per heavy atom. The van der Waals surface area contributed by atoms with Crippen LogP contribution in [0.1, 0.15) is 45.6 Å². The Morgan fingerprint density at radius 2 is 2.09 bits per heavy atom. The molecule has 0 bridgehead atoms. The van der Waals surface area contributed by atoms with E-state index in [0.29, 0.717) is 34.4 Å². The number of aliphatic hydroxyl groups is 1. The van der Waals surface area contributed by atoms with Gasteiger partial charge in [0.25, 0.3) is 0 Å². The molecular formula is C22H25FN8O3. The van der Waals surface area contributed by atoms with Gasteiger partial charge in [-0.15, -0.1) is 0 Å². The van der Waals surface area contributed by atoms with E-state index in [2.05, 4.69) is 46.8 Å². The number of fused-ring (bicyclic) bond motifs is 1. The van der Waals surface area contributed by atoms with E-state index in [1.54, 1.807) is 11.6 Å². The molecule has 178 valence electrons. The molecule has 0 amide bonds. The summed E-state index contributed by atoms with van der Waals surface area (Å²) in [5.41, 5.74) is 0.0301. The van der Waals surface area contributed by atoms with E-state index in [0.717, 1.165) is 19.0 Å². The Labute approximate surface area is 193 Å². The van der Waals surface area contributed by atoms with Gasteiger partial charge in [0.1, 0.15) is 17.0 Å². The molecule has 4 aromatic rings. The molecule has 0 aromatic carbocycles. The zero-order chi connectivity index (χ0) is 24.2. The second-order valence-corrected chi connectivity index (χ2v) is 9.24. The highest BCUT2D eigenvalue weighted by atomic mass is 19.1. The summed E-state index contributed by atoms with van der Waals surface area (Å²) in [7, 11) is 1.79. The summed E-state index contributed by atoms with van der Waals surface area (Å²) < 4.78 is 20.7. The molecule has 12 heteroatoms. The molecule has 0 radical (unpaired) electrons. The van der Waals surface area contributed by atoms with Crippen molar-refractivity contribution < 1.29 is 14.0 Å².